The molecule has 2 atom stereocenters. The van der Waals surface area contributed by atoms with Crippen molar-refractivity contribution < 1.29 is 22.9 Å². The van der Waals surface area contributed by atoms with E-state index >= 15 is 0 Å². The van der Waals surface area contributed by atoms with E-state index in [0.29, 0.717) is 31.4 Å². The number of piperazine rings is 1. The van der Waals surface area contributed by atoms with Crippen LogP contribution in [0.4, 0.5) is 18.9 Å². The summed E-state index contributed by atoms with van der Waals surface area (Å²) in [4.78, 5) is 18.4. The molecule has 2 aliphatic heterocycles. The van der Waals surface area contributed by atoms with Gasteiger partial charge in [0.1, 0.15) is 0 Å². The Labute approximate surface area is 177 Å². The van der Waals surface area contributed by atoms with Gasteiger partial charge in [0.05, 0.1) is 31.7 Å². The first-order valence-corrected chi connectivity index (χ1v) is 11.0. The number of hydrogen-bond donors (Lipinski definition) is 1. The number of rotatable bonds is 3. The smallest absolute Gasteiger partial charge is 0.360 e. The number of quaternary nitrogens is 1. The molecule has 1 aliphatic carbocycles. The number of nitrogens with zero attached hydrogens (tertiary/aromatic N) is 2. The van der Waals surface area contributed by atoms with E-state index in [1.54, 1.807) is 6.07 Å². The zero-order valence-corrected chi connectivity index (χ0v) is 18.2. The quantitative estimate of drug-likeness (QED) is 0.808. The summed E-state index contributed by atoms with van der Waals surface area (Å²) in [5, 5.41) is 0. The molecule has 4 rings (SSSR count). The third-order valence-corrected chi connectivity index (χ3v) is 7.15. The Bertz CT molecular complexity index is 801. The zero-order valence-electron chi connectivity index (χ0n) is 18.2. The van der Waals surface area contributed by atoms with Gasteiger partial charge in [0.15, 0.2) is 6.54 Å². The second-order valence-corrected chi connectivity index (χ2v) is 10.7. The van der Waals surface area contributed by atoms with E-state index in [9.17, 15) is 18.0 Å². The molecule has 0 aromatic heterocycles. The molecule has 2 saturated heterocycles. The Morgan fingerprint density at radius 3 is 2.53 bits per heavy atom. The Balaban J connectivity index is 1.33. The predicted molar refractivity (Wildman–Crippen MR) is 110 cm³/mol. The lowest BCUT2D eigenvalue weighted by molar-refractivity contribution is -0.892. The van der Waals surface area contributed by atoms with E-state index in [0.717, 1.165) is 38.5 Å². The molecule has 2 heterocycles. The molecule has 1 aromatic carbocycles. The number of amides is 1. The van der Waals surface area contributed by atoms with E-state index in [2.05, 4.69) is 25.7 Å². The van der Waals surface area contributed by atoms with Gasteiger partial charge in [-0.2, -0.15) is 13.2 Å². The number of likely N-dealkylation sites (tertiary alicyclic amines) is 1. The number of anilines is 1. The lowest BCUT2D eigenvalue weighted by atomic mass is 9.65. The van der Waals surface area contributed by atoms with Gasteiger partial charge in [-0.3, -0.25) is 4.79 Å². The third kappa shape index (κ3) is 4.46. The van der Waals surface area contributed by atoms with Crippen LogP contribution in [0.1, 0.15) is 45.6 Å². The molecule has 3 aliphatic rings. The maximum absolute atomic E-state index is 13.1. The second-order valence-electron chi connectivity index (χ2n) is 10.7. The Morgan fingerprint density at radius 2 is 1.87 bits per heavy atom. The van der Waals surface area contributed by atoms with Gasteiger partial charge in [0.25, 0.3) is 5.91 Å². The van der Waals surface area contributed by atoms with Crippen LogP contribution in [0.2, 0.25) is 0 Å². The van der Waals surface area contributed by atoms with Crippen LogP contribution in [0.3, 0.4) is 0 Å². The van der Waals surface area contributed by atoms with Crippen molar-refractivity contribution in [1.82, 2.24) is 4.90 Å². The molecule has 7 heteroatoms. The Morgan fingerprint density at radius 1 is 1.17 bits per heavy atom. The number of carbonyl (C=O) groups excluding carboxylic acids is 1. The van der Waals surface area contributed by atoms with Crippen LogP contribution in [0, 0.1) is 10.8 Å². The van der Waals surface area contributed by atoms with Crippen molar-refractivity contribution in [1.29, 1.82) is 0 Å². The predicted octanol–water partition coefficient (Wildman–Crippen LogP) is 2.84. The highest BCUT2D eigenvalue weighted by Gasteiger charge is 2.51. The molecule has 30 heavy (non-hydrogen) atoms. The molecule has 4 nitrogen and oxygen atoms in total. The largest absolute Gasteiger partial charge is 0.416 e. The first kappa shape index (κ1) is 21.5. The average Bonchev–Trinajstić information content (AvgIpc) is 2.90. The molecule has 1 amide bonds. The second kappa shape index (κ2) is 7.43. The molecule has 1 saturated carbocycles. The number of alkyl halides is 3. The van der Waals surface area contributed by atoms with Gasteiger partial charge in [-0.15, -0.1) is 0 Å². The molecule has 0 spiro atoms. The summed E-state index contributed by atoms with van der Waals surface area (Å²) in [5.74, 6) is 0.240. The summed E-state index contributed by atoms with van der Waals surface area (Å²) in [6.45, 7) is 11.2. The molecule has 1 N–H and O–H groups in total. The summed E-state index contributed by atoms with van der Waals surface area (Å²) < 4.78 is 39.0. The van der Waals surface area contributed by atoms with Crippen molar-refractivity contribution in [2.24, 2.45) is 10.8 Å². The summed E-state index contributed by atoms with van der Waals surface area (Å²) in [6, 6.07) is 5.89. The van der Waals surface area contributed by atoms with E-state index < -0.39 is 11.7 Å². The Kier molecular flexibility index (Phi) is 5.32. The minimum atomic E-state index is -4.32. The minimum Gasteiger partial charge on any atom is -0.360 e. The fourth-order valence-electron chi connectivity index (χ4n) is 6.20. The van der Waals surface area contributed by atoms with Gasteiger partial charge in [0, 0.05) is 18.3 Å². The van der Waals surface area contributed by atoms with Crippen LogP contribution in [0.25, 0.3) is 0 Å². The highest BCUT2D eigenvalue weighted by atomic mass is 19.4. The van der Waals surface area contributed by atoms with Crippen LogP contribution in [0.15, 0.2) is 24.3 Å². The molecule has 1 aromatic rings. The SMILES string of the molecule is CC1(C)C[C@@H]2C[C@](C)(CN2C(=O)C[NH+]2CCN(c3cccc(C(F)(F)F)c3)CC2)C1. The number of nitrogens with one attached hydrogen (secondary N) is 1. The topological polar surface area (TPSA) is 28.0 Å². The molecule has 2 bridgehead atoms. The van der Waals surface area contributed by atoms with E-state index in [1.807, 2.05) is 4.90 Å². The highest BCUT2D eigenvalue weighted by molar-refractivity contribution is 5.78. The summed E-state index contributed by atoms with van der Waals surface area (Å²) in [6.07, 6.45) is -0.967. The maximum atomic E-state index is 13.1. The molecule has 166 valence electrons. The fourth-order valence-corrected chi connectivity index (χ4v) is 6.20. The van der Waals surface area contributed by atoms with Crippen LogP contribution >= 0.6 is 0 Å². The normalized spacial score (nSPS) is 29.3. The van der Waals surface area contributed by atoms with Gasteiger partial charge in [0.2, 0.25) is 0 Å². The molecule has 0 radical (unpaired) electrons. The highest BCUT2D eigenvalue weighted by Crippen LogP contribution is 2.52. The van der Waals surface area contributed by atoms with Gasteiger partial charge in [-0.1, -0.05) is 26.8 Å². The van der Waals surface area contributed by atoms with Crippen LogP contribution in [-0.2, 0) is 11.0 Å². The van der Waals surface area contributed by atoms with Crippen LogP contribution in [0.5, 0.6) is 0 Å². The van der Waals surface area contributed by atoms with Crippen molar-refractivity contribution in [2.75, 3.05) is 44.2 Å². The monoisotopic (exact) mass is 424 g/mol. The Hall–Kier alpha value is -1.76. The van der Waals surface area contributed by atoms with E-state index in [4.69, 9.17) is 0 Å². The summed E-state index contributed by atoms with van der Waals surface area (Å²) in [5.41, 5.74) is 0.524. The molecular weight excluding hydrogens is 391 g/mol. The first-order chi connectivity index (χ1) is 13.9. The number of fused-ring (bicyclic) bond motifs is 2. The third-order valence-electron chi connectivity index (χ3n) is 7.15. The number of halogens is 3. The molecule has 0 unspecified atom stereocenters. The average molecular weight is 425 g/mol. The zero-order chi connectivity index (χ0) is 21.7. The van der Waals surface area contributed by atoms with Gasteiger partial charge < -0.3 is 14.7 Å². The maximum Gasteiger partial charge on any atom is 0.416 e. The van der Waals surface area contributed by atoms with Crippen molar-refractivity contribution in [3.05, 3.63) is 29.8 Å². The number of hydrogen-bond acceptors (Lipinski definition) is 2. The van der Waals surface area contributed by atoms with E-state index in [-0.39, 0.29) is 16.7 Å². The lowest BCUT2D eigenvalue weighted by Gasteiger charge is -2.39. The molecule has 3 fully saturated rings. The van der Waals surface area contributed by atoms with Crippen molar-refractivity contribution in [2.45, 2.75) is 52.3 Å². The fraction of sp³-hybridized carbons (Fsp3) is 0.696. The standard InChI is InChI=1S/C23H32F3N3O/c1-21(2)12-19-13-22(3,15-21)16-29(19)20(30)14-27-7-9-28(10-8-27)18-6-4-5-17(11-18)23(24,25)26/h4-6,11,19H,7-10,12-16H2,1-3H3/p+1/t19-,22+/m1/s1. The van der Waals surface area contributed by atoms with Crippen molar-refractivity contribution >= 4 is 11.6 Å². The number of benzene rings is 1. The lowest BCUT2D eigenvalue weighted by Crippen LogP contribution is -3.16. The summed E-state index contributed by atoms with van der Waals surface area (Å²) in [7, 11) is 0. The van der Waals surface area contributed by atoms with Gasteiger partial charge in [-0.25, -0.2) is 0 Å². The first-order valence-electron chi connectivity index (χ1n) is 11.0. The number of carbonyl (C=O) groups is 1. The molecular formula is C23H33F3N3O+. The van der Waals surface area contributed by atoms with Gasteiger partial charge in [-0.05, 0) is 48.3 Å². The van der Waals surface area contributed by atoms with Crippen LogP contribution in [-0.4, -0.2) is 56.1 Å². The van der Waals surface area contributed by atoms with E-state index in [1.165, 1.54) is 23.5 Å². The van der Waals surface area contributed by atoms with Crippen LogP contribution < -0.4 is 9.80 Å². The minimum absolute atomic E-state index is 0.236. The summed E-state index contributed by atoms with van der Waals surface area (Å²) >= 11 is 0. The van der Waals surface area contributed by atoms with Gasteiger partial charge >= 0.3 is 6.18 Å². The van der Waals surface area contributed by atoms with Crippen molar-refractivity contribution in [3.8, 4) is 0 Å². The van der Waals surface area contributed by atoms with Crippen molar-refractivity contribution in [3.63, 3.8) is 0 Å².